The van der Waals surface area contributed by atoms with Crippen LogP contribution >= 0.6 is 11.8 Å². The van der Waals surface area contributed by atoms with Gasteiger partial charge in [-0.05, 0) is 5.75 Å². The fraction of sp³-hybridized carbons (Fsp3) is 0.667. The zero-order chi connectivity index (χ0) is 4.99. The Bertz CT molecular complexity index is 61.2. The third-order valence-electron chi connectivity index (χ3n) is 0.300. The summed E-state index contributed by atoms with van der Waals surface area (Å²) in [5.41, 5.74) is 4.95. The second kappa shape index (κ2) is 6.30. The molecule has 0 unspecified atom stereocenters. The quantitative estimate of drug-likeness (QED) is 0.358. The Labute approximate surface area is 59.6 Å². The number of nitrogens with one attached hydrogen (secondary N) is 1. The lowest BCUT2D eigenvalue weighted by atomic mass is 11.0. The molecule has 0 bridgehead atoms. The molecule has 0 saturated carbocycles. The molecule has 0 aliphatic carbocycles. The van der Waals surface area contributed by atoms with E-state index in [4.69, 9.17) is 11.1 Å². The second-order valence-corrected chi connectivity index (χ2v) is 2.10. The number of rotatable bonds is 1. The maximum absolute atomic E-state index is 6.64. The summed E-state index contributed by atoms with van der Waals surface area (Å²) >= 11 is 1.35. The van der Waals surface area contributed by atoms with Crippen molar-refractivity contribution in [1.29, 1.82) is 5.41 Å². The van der Waals surface area contributed by atoms with E-state index in [1.54, 1.807) is 0 Å². The number of nitrogens with two attached hydrogens (primary N) is 1. The molecule has 0 aromatic carbocycles. The molecular formula is C3H9BrN2S. The molecule has 0 radical (unpaired) electrons. The van der Waals surface area contributed by atoms with Crippen molar-refractivity contribution < 1.29 is 18.4 Å². The minimum absolute atomic E-state index is 0. The molecule has 0 aliphatic heterocycles. The van der Waals surface area contributed by atoms with Crippen LogP contribution in [0, 0.1) is 5.41 Å². The van der Waals surface area contributed by atoms with Gasteiger partial charge in [0.2, 0.25) is 0 Å². The summed E-state index contributed by atoms with van der Waals surface area (Å²) in [6.07, 6.45) is 0. The van der Waals surface area contributed by atoms with Gasteiger partial charge in [0.1, 0.15) is 0 Å². The molecule has 0 saturated heterocycles. The van der Waals surface area contributed by atoms with Gasteiger partial charge in [0.15, 0.2) is 5.17 Å². The average molecular weight is 185 g/mol. The molecule has 0 aromatic rings. The van der Waals surface area contributed by atoms with Crippen LogP contribution in [-0.2, 0) is 0 Å². The van der Waals surface area contributed by atoms with Crippen LogP contribution in [0.1, 0.15) is 8.35 Å². The first-order chi connectivity index (χ1) is 2.77. The summed E-state index contributed by atoms with van der Waals surface area (Å²) in [5, 5.41) is 6.84. The first kappa shape index (κ1) is 10.3. The largest absolute Gasteiger partial charge is 1.00 e. The molecule has 4 heteroatoms. The van der Waals surface area contributed by atoms with Crippen molar-refractivity contribution in [3.8, 4) is 0 Å². The van der Waals surface area contributed by atoms with Gasteiger partial charge in [0.05, 0.1) is 0 Å². The van der Waals surface area contributed by atoms with E-state index < -0.39 is 0 Å². The molecule has 0 aliphatic rings. The molecule has 2 nitrogen and oxygen atoms in total. The minimum atomic E-state index is 0. The fourth-order valence-electron chi connectivity index (χ4n) is 0.156. The Kier molecular flexibility index (Phi) is 9.28. The Morgan fingerprint density at radius 1 is 2.00 bits per heavy atom. The molecule has 44 valence electrons. The summed E-state index contributed by atoms with van der Waals surface area (Å²) < 4.78 is 0. The van der Waals surface area contributed by atoms with E-state index in [-0.39, 0.29) is 23.6 Å². The zero-order valence-electron chi connectivity index (χ0n) is 5.07. The van der Waals surface area contributed by atoms with E-state index in [0.717, 1.165) is 5.75 Å². The Morgan fingerprint density at radius 3 is 2.43 bits per heavy atom. The van der Waals surface area contributed by atoms with Gasteiger partial charge in [-0.2, -0.15) is 0 Å². The van der Waals surface area contributed by atoms with Crippen molar-refractivity contribution in [2.75, 3.05) is 5.75 Å². The van der Waals surface area contributed by atoms with Crippen LogP contribution in [-0.4, -0.2) is 10.9 Å². The van der Waals surface area contributed by atoms with Gasteiger partial charge in [0.25, 0.3) is 0 Å². The van der Waals surface area contributed by atoms with E-state index in [2.05, 4.69) is 0 Å². The van der Waals surface area contributed by atoms with Crippen molar-refractivity contribution >= 4 is 16.9 Å². The number of hydrogen-bond donors (Lipinski definition) is 2. The predicted octanol–water partition coefficient (Wildman–Crippen LogP) is -2.25. The van der Waals surface area contributed by atoms with E-state index >= 15 is 0 Å². The molecule has 0 aromatic heterocycles. The van der Waals surface area contributed by atoms with Crippen LogP contribution in [0.15, 0.2) is 0 Å². The third-order valence-corrected chi connectivity index (χ3v) is 0.900. The van der Waals surface area contributed by atoms with E-state index in [1.165, 1.54) is 11.8 Å². The first-order valence-corrected chi connectivity index (χ1v) is 2.72. The molecule has 0 spiro atoms. The third kappa shape index (κ3) is 10.7. The van der Waals surface area contributed by atoms with Gasteiger partial charge < -0.3 is 22.7 Å². The van der Waals surface area contributed by atoms with E-state index in [1.807, 2.05) is 6.92 Å². The number of thioether (sulfide) groups is 1. The second-order valence-electron chi connectivity index (χ2n) is 0.797. The van der Waals surface area contributed by atoms with Crippen molar-refractivity contribution in [1.82, 2.24) is 0 Å². The lowest BCUT2D eigenvalue weighted by Gasteiger charge is -1.85. The van der Waals surface area contributed by atoms with Crippen LogP contribution in [0.25, 0.3) is 0 Å². The molecule has 0 heterocycles. The standard InChI is InChI=1S/C3H8N2S.BrH/c1-2-6-3(4)5;/h2H2,1H3,(H3,4,5);1H. The lowest BCUT2D eigenvalue weighted by Crippen LogP contribution is -3.00. The average Bonchev–Trinajstić information content (AvgIpc) is 1.35. The van der Waals surface area contributed by atoms with Crippen molar-refractivity contribution in [3.05, 3.63) is 0 Å². The topological polar surface area (TPSA) is 49.9 Å². The zero-order valence-corrected chi connectivity index (χ0v) is 6.47. The Balaban J connectivity index is -0.000000125. The van der Waals surface area contributed by atoms with Crippen LogP contribution in [0.3, 0.4) is 0 Å². The SMILES string of the molecule is CCSC(=N)N.[Br-].[H+]. The normalized spacial score (nSPS) is 7.00. The number of halogens is 1. The van der Waals surface area contributed by atoms with Crippen LogP contribution in [0.5, 0.6) is 0 Å². The number of amidine groups is 1. The van der Waals surface area contributed by atoms with Gasteiger partial charge in [-0.25, -0.2) is 0 Å². The number of hydrogen-bond acceptors (Lipinski definition) is 2. The molecule has 0 atom stereocenters. The highest BCUT2D eigenvalue weighted by atomic mass is 79.9. The highest BCUT2D eigenvalue weighted by Gasteiger charge is 1.79. The highest BCUT2D eigenvalue weighted by molar-refractivity contribution is 8.13. The molecule has 0 rings (SSSR count). The molecule has 0 amide bonds. The van der Waals surface area contributed by atoms with Gasteiger partial charge in [-0.15, -0.1) is 0 Å². The Morgan fingerprint density at radius 2 is 2.43 bits per heavy atom. The first-order valence-electron chi connectivity index (χ1n) is 1.74. The van der Waals surface area contributed by atoms with Crippen LogP contribution < -0.4 is 22.7 Å². The van der Waals surface area contributed by atoms with Gasteiger partial charge in [-0.1, -0.05) is 18.7 Å². The maximum Gasteiger partial charge on any atom is 1.00 e. The fourth-order valence-corrected chi connectivity index (χ4v) is 0.467. The molecule has 7 heavy (non-hydrogen) atoms. The maximum atomic E-state index is 6.64. The predicted molar refractivity (Wildman–Crippen MR) is 31.2 cm³/mol. The van der Waals surface area contributed by atoms with E-state index in [9.17, 15) is 0 Å². The van der Waals surface area contributed by atoms with E-state index in [0.29, 0.717) is 0 Å². The lowest BCUT2D eigenvalue weighted by molar-refractivity contribution is -0.00000164. The van der Waals surface area contributed by atoms with Gasteiger partial charge in [-0.3, -0.25) is 5.41 Å². The molecular weight excluding hydrogens is 176 g/mol. The Hall–Kier alpha value is 0.300. The smallest absolute Gasteiger partial charge is 1.00 e. The van der Waals surface area contributed by atoms with Crippen molar-refractivity contribution in [2.45, 2.75) is 6.92 Å². The summed E-state index contributed by atoms with van der Waals surface area (Å²) in [7, 11) is 0. The highest BCUT2D eigenvalue weighted by Crippen LogP contribution is 1.92. The van der Waals surface area contributed by atoms with Crippen LogP contribution in [0.4, 0.5) is 0 Å². The molecule has 3 N–H and O–H groups in total. The monoisotopic (exact) mass is 184 g/mol. The summed E-state index contributed by atoms with van der Waals surface area (Å²) in [6.45, 7) is 1.96. The summed E-state index contributed by atoms with van der Waals surface area (Å²) in [4.78, 5) is 0. The summed E-state index contributed by atoms with van der Waals surface area (Å²) in [5.74, 6) is 0.898. The van der Waals surface area contributed by atoms with Gasteiger partial charge >= 0.3 is 1.43 Å². The summed E-state index contributed by atoms with van der Waals surface area (Å²) in [6, 6.07) is 0. The van der Waals surface area contributed by atoms with Crippen LogP contribution in [0.2, 0.25) is 0 Å². The van der Waals surface area contributed by atoms with Gasteiger partial charge in [0, 0.05) is 0 Å². The van der Waals surface area contributed by atoms with Crippen molar-refractivity contribution in [3.63, 3.8) is 0 Å². The van der Waals surface area contributed by atoms with Crippen molar-refractivity contribution in [2.24, 2.45) is 5.73 Å². The minimum Gasteiger partial charge on any atom is -1.00 e. The molecule has 0 fully saturated rings.